The molecule has 1 amide bonds. The van der Waals surface area contributed by atoms with Gasteiger partial charge in [-0.25, -0.2) is 4.98 Å². The third-order valence-electron chi connectivity index (χ3n) is 3.20. The fourth-order valence-electron chi connectivity index (χ4n) is 2.27. The smallest absolute Gasteiger partial charge is 0.268 e. The fraction of sp³-hybridized carbons (Fsp3) is 0.0625. The van der Waals surface area contributed by atoms with Gasteiger partial charge >= 0.3 is 0 Å². The number of nitrogens with two attached hydrogens (primary N) is 1. The second-order valence-corrected chi connectivity index (χ2v) is 4.59. The summed E-state index contributed by atoms with van der Waals surface area (Å²) in [6.45, 7) is 0. The van der Waals surface area contributed by atoms with Crippen molar-refractivity contribution in [3.05, 3.63) is 72.1 Å². The molecule has 0 saturated carbocycles. The van der Waals surface area contributed by atoms with E-state index in [1.165, 1.54) is 12.7 Å². The van der Waals surface area contributed by atoms with E-state index in [1.807, 2.05) is 36.4 Å². The third kappa shape index (κ3) is 2.67. The zero-order chi connectivity index (χ0) is 14.7. The van der Waals surface area contributed by atoms with Crippen LogP contribution in [0.4, 0.5) is 0 Å². The molecule has 0 spiro atoms. The zero-order valence-corrected chi connectivity index (χ0v) is 11.2. The summed E-state index contributed by atoms with van der Waals surface area (Å²) in [7, 11) is 0. The number of nitrogens with zero attached hydrogens (tertiary/aromatic N) is 2. The molecular weight excluding hydrogens is 266 g/mol. The van der Waals surface area contributed by atoms with Gasteiger partial charge in [0.25, 0.3) is 5.91 Å². The molecule has 104 valence electrons. The van der Waals surface area contributed by atoms with Crippen molar-refractivity contribution in [3.8, 4) is 11.3 Å². The fourth-order valence-corrected chi connectivity index (χ4v) is 2.27. The highest BCUT2D eigenvalue weighted by atomic mass is 16.3. The maximum Gasteiger partial charge on any atom is 0.268 e. The van der Waals surface area contributed by atoms with Crippen LogP contribution in [0.25, 0.3) is 11.3 Å². The quantitative estimate of drug-likeness (QED) is 0.795. The molecule has 0 aliphatic heterocycles. The van der Waals surface area contributed by atoms with E-state index in [4.69, 9.17) is 10.2 Å². The molecule has 2 heterocycles. The van der Waals surface area contributed by atoms with Gasteiger partial charge in [-0.05, 0) is 23.6 Å². The van der Waals surface area contributed by atoms with Crippen LogP contribution in [0.3, 0.4) is 0 Å². The second-order valence-electron chi connectivity index (χ2n) is 4.59. The lowest BCUT2D eigenvalue weighted by atomic mass is 9.97. The molecule has 0 aliphatic rings. The SMILES string of the molecule is NC(=O)c1nccc(Cc2ccccc2)c1-c1cocn1. The van der Waals surface area contributed by atoms with Gasteiger partial charge in [-0.15, -0.1) is 0 Å². The zero-order valence-electron chi connectivity index (χ0n) is 11.2. The van der Waals surface area contributed by atoms with E-state index in [0.717, 1.165) is 11.1 Å². The first-order valence-corrected chi connectivity index (χ1v) is 6.46. The summed E-state index contributed by atoms with van der Waals surface area (Å²) in [5, 5.41) is 0. The molecule has 0 aliphatic carbocycles. The molecule has 5 heteroatoms. The summed E-state index contributed by atoms with van der Waals surface area (Å²) in [6, 6.07) is 11.8. The normalized spacial score (nSPS) is 10.5. The van der Waals surface area contributed by atoms with Crippen molar-refractivity contribution in [3.63, 3.8) is 0 Å². The van der Waals surface area contributed by atoms with Crippen LogP contribution in [-0.2, 0) is 6.42 Å². The standard InChI is InChI=1S/C16H13N3O2/c17-16(20)15-14(13-9-21-10-19-13)12(6-7-18-15)8-11-4-2-1-3-5-11/h1-7,9-10H,8H2,(H2,17,20). The second kappa shape index (κ2) is 5.58. The van der Waals surface area contributed by atoms with Crippen molar-refractivity contribution in [2.45, 2.75) is 6.42 Å². The van der Waals surface area contributed by atoms with Crippen LogP contribution in [0.1, 0.15) is 21.6 Å². The van der Waals surface area contributed by atoms with Gasteiger partial charge in [0.1, 0.15) is 17.7 Å². The molecule has 0 atom stereocenters. The van der Waals surface area contributed by atoms with Gasteiger partial charge < -0.3 is 10.2 Å². The van der Waals surface area contributed by atoms with Crippen LogP contribution < -0.4 is 5.73 Å². The number of pyridine rings is 1. The monoisotopic (exact) mass is 279 g/mol. The van der Waals surface area contributed by atoms with Crippen molar-refractivity contribution in [2.24, 2.45) is 5.73 Å². The van der Waals surface area contributed by atoms with Gasteiger partial charge in [0.05, 0.1) is 0 Å². The van der Waals surface area contributed by atoms with Gasteiger partial charge in [-0.1, -0.05) is 30.3 Å². The highest BCUT2D eigenvalue weighted by Gasteiger charge is 2.18. The molecule has 5 nitrogen and oxygen atoms in total. The summed E-state index contributed by atoms with van der Waals surface area (Å²) >= 11 is 0. The highest BCUT2D eigenvalue weighted by Crippen LogP contribution is 2.27. The number of carbonyl (C=O) groups is 1. The van der Waals surface area contributed by atoms with E-state index in [2.05, 4.69) is 9.97 Å². The van der Waals surface area contributed by atoms with E-state index in [0.29, 0.717) is 17.7 Å². The molecule has 21 heavy (non-hydrogen) atoms. The van der Waals surface area contributed by atoms with Gasteiger partial charge in [-0.3, -0.25) is 9.78 Å². The van der Waals surface area contributed by atoms with Crippen LogP contribution in [0.15, 0.2) is 59.7 Å². The molecule has 0 fully saturated rings. The summed E-state index contributed by atoms with van der Waals surface area (Å²) < 4.78 is 5.02. The summed E-state index contributed by atoms with van der Waals surface area (Å²) in [5.41, 5.74) is 8.87. The Morgan fingerprint density at radius 3 is 2.62 bits per heavy atom. The van der Waals surface area contributed by atoms with Crippen molar-refractivity contribution < 1.29 is 9.21 Å². The number of oxazole rings is 1. The molecule has 3 aromatic rings. The van der Waals surface area contributed by atoms with Crippen LogP contribution in [0, 0.1) is 0 Å². The maximum absolute atomic E-state index is 11.6. The Bertz CT molecular complexity index is 752. The lowest BCUT2D eigenvalue weighted by Gasteiger charge is -2.10. The minimum Gasteiger partial charge on any atom is -0.451 e. The van der Waals surface area contributed by atoms with Gasteiger partial charge in [0, 0.05) is 11.8 Å². The molecule has 2 aromatic heterocycles. The minimum absolute atomic E-state index is 0.206. The Balaban J connectivity index is 2.12. The molecule has 0 radical (unpaired) electrons. The van der Waals surface area contributed by atoms with Crippen LogP contribution >= 0.6 is 0 Å². The van der Waals surface area contributed by atoms with Crippen LogP contribution in [-0.4, -0.2) is 15.9 Å². The number of amides is 1. The number of hydrogen-bond donors (Lipinski definition) is 1. The first-order valence-electron chi connectivity index (χ1n) is 6.46. The summed E-state index contributed by atoms with van der Waals surface area (Å²) in [6.07, 6.45) is 5.05. The molecule has 1 aromatic carbocycles. The lowest BCUT2D eigenvalue weighted by molar-refractivity contribution is 0.0996. The highest BCUT2D eigenvalue weighted by molar-refractivity contribution is 5.98. The van der Waals surface area contributed by atoms with Crippen LogP contribution in [0.2, 0.25) is 0 Å². The number of rotatable bonds is 4. The Kier molecular flexibility index (Phi) is 3.47. The van der Waals surface area contributed by atoms with Gasteiger partial charge in [0.15, 0.2) is 6.39 Å². The van der Waals surface area contributed by atoms with E-state index < -0.39 is 5.91 Å². The van der Waals surface area contributed by atoms with Crippen molar-refractivity contribution in [2.75, 3.05) is 0 Å². The Labute approximate surface area is 121 Å². The Morgan fingerprint density at radius 2 is 1.95 bits per heavy atom. The predicted molar refractivity (Wildman–Crippen MR) is 77.5 cm³/mol. The molecule has 2 N–H and O–H groups in total. The van der Waals surface area contributed by atoms with Crippen molar-refractivity contribution >= 4 is 5.91 Å². The number of primary amides is 1. The van der Waals surface area contributed by atoms with Crippen molar-refractivity contribution in [1.29, 1.82) is 0 Å². The average Bonchev–Trinajstić information content (AvgIpc) is 3.02. The number of benzene rings is 1. The van der Waals surface area contributed by atoms with Crippen molar-refractivity contribution in [1.82, 2.24) is 9.97 Å². The largest absolute Gasteiger partial charge is 0.451 e. The summed E-state index contributed by atoms with van der Waals surface area (Å²) in [4.78, 5) is 19.8. The number of carbonyl (C=O) groups excluding carboxylic acids is 1. The van der Waals surface area contributed by atoms with E-state index in [1.54, 1.807) is 6.20 Å². The molecular formula is C16H13N3O2. The first kappa shape index (κ1) is 13.1. The topological polar surface area (TPSA) is 82.0 Å². The third-order valence-corrected chi connectivity index (χ3v) is 3.20. The van der Waals surface area contributed by atoms with E-state index >= 15 is 0 Å². The van der Waals surface area contributed by atoms with E-state index in [-0.39, 0.29) is 5.69 Å². The molecule has 0 saturated heterocycles. The Morgan fingerprint density at radius 1 is 1.14 bits per heavy atom. The molecule has 0 unspecified atom stereocenters. The first-order chi connectivity index (χ1) is 10.3. The number of aromatic nitrogens is 2. The van der Waals surface area contributed by atoms with Gasteiger partial charge in [-0.2, -0.15) is 0 Å². The number of hydrogen-bond acceptors (Lipinski definition) is 4. The predicted octanol–water partition coefficient (Wildman–Crippen LogP) is 2.43. The lowest BCUT2D eigenvalue weighted by Crippen LogP contribution is -2.15. The minimum atomic E-state index is -0.581. The van der Waals surface area contributed by atoms with E-state index in [9.17, 15) is 4.79 Å². The maximum atomic E-state index is 11.6. The Hall–Kier alpha value is -2.95. The summed E-state index contributed by atoms with van der Waals surface area (Å²) in [5.74, 6) is -0.581. The molecule has 3 rings (SSSR count). The average molecular weight is 279 g/mol. The van der Waals surface area contributed by atoms with Crippen LogP contribution in [0.5, 0.6) is 0 Å². The molecule has 0 bridgehead atoms. The van der Waals surface area contributed by atoms with Gasteiger partial charge in [0.2, 0.25) is 0 Å².